The monoisotopic (exact) mass is 300 g/mol. The van der Waals surface area contributed by atoms with Crippen molar-refractivity contribution in [3.05, 3.63) is 53.3 Å². The van der Waals surface area contributed by atoms with Crippen molar-refractivity contribution in [3.63, 3.8) is 0 Å². The third kappa shape index (κ3) is 3.91. The van der Waals surface area contributed by atoms with Crippen molar-refractivity contribution in [1.82, 2.24) is 9.88 Å². The Kier molecular flexibility index (Phi) is 5.26. The summed E-state index contributed by atoms with van der Waals surface area (Å²) in [7, 11) is 1.89. The number of nitrogens with one attached hydrogen (secondary N) is 1. The molecular weight excluding hydrogens is 276 g/mol. The molecule has 0 spiro atoms. The second kappa shape index (κ2) is 7.16. The molecule has 0 saturated heterocycles. The molecule has 4 nitrogen and oxygen atoms in total. The molecule has 1 N–H and O–H groups in total. The highest BCUT2D eigenvalue weighted by Crippen LogP contribution is 2.18. The molecule has 0 fully saturated rings. The van der Waals surface area contributed by atoms with Gasteiger partial charge in [0.25, 0.3) is 5.91 Å². The lowest BCUT2D eigenvalue weighted by molar-refractivity contribution is 0.0942. The molecule has 0 radical (unpaired) electrons. The fourth-order valence-electron chi connectivity index (χ4n) is 2.15. The van der Waals surface area contributed by atoms with Gasteiger partial charge in [-0.25, -0.2) is 0 Å². The number of ether oxygens (including phenoxy) is 1. The van der Waals surface area contributed by atoms with Crippen molar-refractivity contribution in [2.24, 2.45) is 13.0 Å². The summed E-state index contributed by atoms with van der Waals surface area (Å²) in [6.45, 7) is 7.33. The third-order valence-corrected chi connectivity index (χ3v) is 3.59. The maximum absolute atomic E-state index is 12.3. The van der Waals surface area contributed by atoms with E-state index in [2.05, 4.69) is 19.2 Å². The van der Waals surface area contributed by atoms with Crippen molar-refractivity contribution >= 4 is 5.91 Å². The fourth-order valence-corrected chi connectivity index (χ4v) is 2.15. The first-order valence-corrected chi connectivity index (χ1v) is 7.60. The second-order valence-electron chi connectivity index (χ2n) is 5.91. The van der Waals surface area contributed by atoms with Crippen LogP contribution in [0.5, 0.6) is 5.75 Å². The number of carbonyl (C=O) groups is 1. The van der Waals surface area contributed by atoms with Gasteiger partial charge in [0, 0.05) is 24.8 Å². The van der Waals surface area contributed by atoms with Crippen molar-refractivity contribution in [2.75, 3.05) is 6.61 Å². The Balaban J connectivity index is 2.02. The molecule has 0 aliphatic rings. The van der Waals surface area contributed by atoms with Crippen LogP contribution in [0, 0.1) is 12.8 Å². The molecular formula is C18H24N2O2. The molecule has 0 atom stereocenters. The number of para-hydroxylation sites is 1. The van der Waals surface area contributed by atoms with Crippen molar-refractivity contribution in [2.45, 2.75) is 27.3 Å². The summed E-state index contributed by atoms with van der Waals surface area (Å²) in [6.07, 6.45) is 0. The van der Waals surface area contributed by atoms with E-state index in [-0.39, 0.29) is 5.91 Å². The van der Waals surface area contributed by atoms with Gasteiger partial charge in [0.05, 0.1) is 6.61 Å². The summed E-state index contributed by atoms with van der Waals surface area (Å²) in [5.74, 6) is 1.22. The molecule has 1 heterocycles. The molecule has 1 amide bonds. The number of hydrogen-bond acceptors (Lipinski definition) is 2. The molecule has 118 valence electrons. The zero-order valence-electron chi connectivity index (χ0n) is 13.7. The van der Waals surface area contributed by atoms with E-state index in [1.807, 2.05) is 54.9 Å². The first-order valence-electron chi connectivity index (χ1n) is 7.60. The minimum Gasteiger partial charge on any atom is -0.493 e. The third-order valence-electron chi connectivity index (χ3n) is 3.59. The van der Waals surface area contributed by atoms with Gasteiger partial charge in [-0.3, -0.25) is 4.79 Å². The van der Waals surface area contributed by atoms with Crippen LogP contribution in [-0.4, -0.2) is 17.1 Å². The number of amides is 1. The summed E-state index contributed by atoms with van der Waals surface area (Å²) in [5, 5.41) is 2.96. The largest absolute Gasteiger partial charge is 0.493 e. The van der Waals surface area contributed by atoms with E-state index >= 15 is 0 Å². The number of carbonyl (C=O) groups excluding carboxylic acids is 1. The lowest BCUT2D eigenvalue weighted by atomic mass is 10.2. The van der Waals surface area contributed by atoms with Gasteiger partial charge < -0.3 is 14.6 Å². The predicted molar refractivity (Wildman–Crippen MR) is 88.1 cm³/mol. The van der Waals surface area contributed by atoms with E-state index in [1.54, 1.807) is 0 Å². The summed E-state index contributed by atoms with van der Waals surface area (Å²) in [5.41, 5.74) is 2.71. The molecule has 0 saturated carbocycles. The quantitative estimate of drug-likeness (QED) is 0.889. The van der Waals surface area contributed by atoms with Gasteiger partial charge in [0.15, 0.2) is 0 Å². The first kappa shape index (κ1) is 16.1. The van der Waals surface area contributed by atoms with Crippen LogP contribution in [0.3, 0.4) is 0 Å². The Labute approximate surface area is 132 Å². The van der Waals surface area contributed by atoms with Crippen LogP contribution in [0.2, 0.25) is 0 Å². The number of benzene rings is 1. The SMILES string of the molecule is Cc1ccc(C(=O)NCc2ccccc2OCC(C)C)n1C. The van der Waals surface area contributed by atoms with Gasteiger partial charge in [-0.2, -0.15) is 0 Å². The van der Waals surface area contributed by atoms with Crippen molar-refractivity contribution in [3.8, 4) is 5.75 Å². The predicted octanol–water partition coefficient (Wildman–Crippen LogP) is 3.30. The second-order valence-corrected chi connectivity index (χ2v) is 5.91. The van der Waals surface area contributed by atoms with E-state index in [4.69, 9.17) is 4.74 Å². The van der Waals surface area contributed by atoms with Gasteiger partial charge in [0.1, 0.15) is 11.4 Å². The van der Waals surface area contributed by atoms with Crippen LogP contribution in [-0.2, 0) is 13.6 Å². The minimum atomic E-state index is -0.0748. The van der Waals surface area contributed by atoms with Gasteiger partial charge in [-0.15, -0.1) is 0 Å². The lowest BCUT2D eigenvalue weighted by Gasteiger charge is -2.14. The average Bonchev–Trinajstić information content (AvgIpc) is 2.83. The van der Waals surface area contributed by atoms with Crippen LogP contribution in [0.4, 0.5) is 0 Å². The fraction of sp³-hybridized carbons (Fsp3) is 0.389. The Bertz CT molecular complexity index is 644. The molecule has 0 aliphatic heterocycles. The molecule has 2 aromatic rings. The summed E-state index contributed by atoms with van der Waals surface area (Å²) in [4.78, 5) is 12.3. The maximum atomic E-state index is 12.3. The minimum absolute atomic E-state index is 0.0748. The smallest absolute Gasteiger partial charge is 0.268 e. The number of hydrogen-bond donors (Lipinski definition) is 1. The van der Waals surface area contributed by atoms with Crippen LogP contribution in [0.25, 0.3) is 0 Å². The Morgan fingerprint density at radius 3 is 2.59 bits per heavy atom. The highest BCUT2D eigenvalue weighted by atomic mass is 16.5. The Hall–Kier alpha value is -2.23. The van der Waals surface area contributed by atoms with Crippen LogP contribution < -0.4 is 10.1 Å². The van der Waals surface area contributed by atoms with Gasteiger partial charge >= 0.3 is 0 Å². The zero-order valence-corrected chi connectivity index (χ0v) is 13.7. The molecule has 2 rings (SSSR count). The zero-order chi connectivity index (χ0) is 16.1. The summed E-state index contributed by atoms with van der Waals surface area (Å²) >= 11 is 0. The number of aromatic nitrogens is 1. The van der Waals surface area contributed by atoms with E-state index in [9.17, 15) is 4.79 Å². The average molecular weight is 300 g/mol. The van der Waals surface area contributed by atoms with Gasteiger partial charge in [-0.05, 0) is 31.0 Å². The van der Waals surface area contributed by atoms with Crippen LogP contribution in [0.15, 0.2) is 36.4 Å². The summed E-state index contributed by atoms with van der Waals surface area (Å²) in [6, 6.07) is 11.6. The first-order chi connectivity index (χ1) is 10.5. The summed E-state index contributed by atoms with van der Waals surface area (Å²) < 4.78 is 7.69. The highest BCUT2D eigenvalue weighted by molar-refractivity contribution is 5.92. The van der Waals surface area contributed by atoms with E-state index in [0.29, 0.717) is 24.8 Å². The Morgan fingerprint density at radius 1 is 1.23 bits per heavy atom. The molecule has 0 unspecified atom stereocenters. The van der Waals surface area contributed by atoms with Gasteiger partial charge in [-0.1, -0.05) is 32.0 Å². The maximum Gasteiger partial charge on any atom is 0.268 e. The molecule has 0 aliphatic carbocycles. The van der Waals surface area contributed by atoms with Crippen molar-refractivity contribution < 1.29 is 9.53 Å². The van der Waals surface area contributed by atoms with Gasteiger partial charge in [0.2, 0.25) is 0 Å². The highest BCUT2D eigenvalue weighted by Gasteiger charge is 2.11. The molecule has 22 heavy (non-hydrogen) atoms. The molecule has 1 aromatic heterocycles. The van der Waals surface area contributed by atoms with E-state index in [1.165, 1.54) is 0 Å². The topological polar surface area (TPSA) is 43.3 Å². The number of aryl methyl sites for hydroxylation is 1. The molecule has 0 bridgehead atoms. The Morgan fingerprint density at radius 2 is 1.95 bits per heavy atom. The molecule has 1 aromatic carbocycles. The lowest BCUT2D eigenvalue weighted by Crippen LogP contribution is -2.25. The molecule has 4 heteroatoms. The number of nitrogens with zero attached hydrogens (tertiary/aromatic N) is 1. The van der Waals surface area contributed by atoms with E-state index < -0.39 is 0 Å². The normalized spacial score (nSPS) is 10.8. The van der Waals surface area contributed by atoms with Crippen LogP contribution >= 0.6 is 0 Å². The van der Waals surface area contributed by atoms with Crippen molar-refractivity contribution in [1.29, 1.82) is 0 Å². The standard InChI is InChI=1S/C18H24N2O2/c1-13(2)12-22-17-8-6-5-7-15(17)11-19-18(21)16-10-9-14(3)20(16)4/h5-10,13H,11-12H2,1-4H3,(H,19,21). The van der Waals surface area contributed by atoms with Crippen LogP contribution in [0.1, 0.15) is 35.6 Å². The number of rotatable bonds is 6. The van der Waals surface area contributed by atoms with E-state index in [0.717, 1.165) is 17.0 Å².